The molecule has 142 valence electrons. The van der Waals surface area contributed by atoms with E-state index < -0.39 is 0 Å². The molecule has 5 heterocycles. The van der Waals surface area contributed by atoms with Crippen LogP contribution in [0.25, 0.3) is 28.0 Å². The molecule has 0 saturated heterocycles. The standard InChI is InChI=1S/C21H18N8/c1-14-8-20(29-12-26-27-13-29)25-11-18(14)17-9-19(28-21-16(17)5-7-23-21)24-10-15-4-2-3-6-22-15/h2-9,11-13H,10H2,1H3,(H2,23,24,28). The fourth-order valence-electron chi connectivity index (χ4n) is 3.32. The van der Waals surface area contributed by atoms with E-state index in [0.29, 0.717) is 6.54 Å². The Morgan fingerprint density at radius 1 is 1.03 bits per heavy atom. The fourth-order valence-corrected chi connectivity index (χ4v) is 3.32. The maximum Gasteiger partial charge on any atom is 0.140 e. The molecule has 0 spiro atoms. The lowest BCUT2D eigenvalue weighted by atomic mass is 10.0. The third-order valence-corrected chi connectivity index (χ3v) is 4.78. The van der Waals surface area contributed by atoms with Crippen LogP contribution in [-0.4, -0.2) is 34.7 Å². The lowest BCUT2D eigenvalue weighted by molar-refractivity contribution is 0.987. The molecule has 8 heteroatoms. The Kier molecular flexibility index (Phi) is 4.21. The van der Waals surface area contributed by atoms with Gasteiger partial charge in [-0.05, 0) is 48.4 Å². The van der Waals surface area contributed by atoms with E-state index in [9.17, 15) is 0 Å². The van der Waals surface area contributed by atoms with E-state index in [4.69, 9.17) is 0 Å². The SMILES string of the molecule is Cc1cc(-n2cnnc2)ncc1-c1cc(NCc2ccccn2)nc2[nH]ccc12. The van der Waals surface area contributed by atoms with Gasteiger partial charge in [0.2, 0.25) is 0 Å². The Bertz CT molecular complexity index is 1260. The van der Waals surface area contributed by atoms with Gasteiger partial charge >= 0.3 is 0 Å². The molecule has 0 unspecified atom stereocenters. The van der Waals surface area contributed by atoms with Crippen molar-refractivity contribution in [3.63, 3.8) is 0 Å². The van der Waals surface area contributed by atoms with Crippen LogP contribution in [0, 0.1) is 6.92 Å². The predicted octanol–water partition coefficient (Wildman–Crippen LogP) is 3.52. The van der Waals surface area contributed by atoms with E-state index in [1.165, 1.54) is 0 Å². The summed E-state index contributed by atoms with van der Waals surface area (Å²) in [4.78, 5) is 16.9. The third-order valence-electron chi connectivity index (χ3n) is 4.78. The number of anilines is 1. The van der Waals surface area contributed by atoms with Crippen LogP contribution < -0.4 is 5.32 Å². The number of nitrogens with zero attached hydrogens (tertiary/aromatic N) is 6. The van der Waals surface area contributed by atoms with Crippen LogP contribution in [0.3, 0.4) is 0 Å². The first kappa shape index (κ1) is 17.1. The molecule has 0 radical (unpaired) electrons. The van der Waals surface area contributed by atoms with E-state index in [2.05, 4.69) is 48.4 Å². The summed E-state index contributed by atoms with van der Waals surface area (Å²) >= 11 is 0. The highest BCUT2D eigenvalue weighted by molar-refractivity contribution is 5.95. The second kappa shape index (κ2) is 7.16. The van der Waals surface area contributed by atoms with Crippen molar-refractivity contribution >= 4 is 16.9 Å². The molecule has 0 atom stereocenters. The smallest absolute Gasteiger partial charge is 0.140 e. The summed E-state index contributed by atoms with van der Waals surface area (Å²) in [6, 6.07) is 12.0. The van der Waals surface area contributed by atoms with Crippen molar-refractivity contribution in [3.05, 3.63) is 78.9 Å². The van der Waals surface area contributed by atoms with Gasteiger partial charge in [0.1, 0.15) is 29.9 Å². The van der Waals surface area contributed by atoms with Crippen LogP contribution in [0.15, 0.2) is 67.6 Å². The zero-order valence-corrected chi connectivity index (χ0v) is 15.7. The molecule has 0 aliphatic heterocycles. The van der Waals surface area contributed by atoms with E-state index in [-0.39, 0.29) is 0 Å². The Labute approximate surface area is 166 Å². The zero-order valence-electron chi connectivity index (χ0n) is 15.7. The molecular formula is C21H18N8. The predicted molar refractivity (Wildman–Crippen MR) is 111 cm³/mol. The van der Waals surface area contributed by atoms with Crippen LogP contribution in [0.5, 0.6) is 0 Å². The van der Waals surface area contributed by atoms with Crippen molar-refractivity contribution < 1.29 is 0 Å². The average molecular weight is 382 g/mol. The number of aryl methyl sites for hydroxylation is 1. The highest BCUT2D eigenvalue weighted by atomic mass is 15.2. The van der Waals surface area contributed by atoms with Crippen LogP contribution >= 0.6 is 0 Å². The molecule has 0 aromatic carbocycles. The molecule has 5 aromatic rings. The van der Waals surface area contributed by atoms with Gasteiger partial charge in [0.05, 0.1) is 12.2 Å². The minimum absolute atomic E-state index is 0.600. The molecule has 0 aliphatic rings. The summed E-state index contributed by atoms with van der Waals surface area (Å²) in [6.45, 7) is 2.67. The van der Waals surface area contributed by atoms with Crippen molar-refractivity contribution in [2.75, 3.05) is 5.32 Å². The van der Waals surface area contributed by atoms with Crippen molar-refractivity contribution in [1.82, 2.24) is 34.7 Å². The minimum Gasteiger partial charge on any atom is -0.364 e. The van der Waals surface area contributed by atoms with E-state index >= 15 is 0 Å². The van der Waals surface area contributed by atoms with Crippen LogP contribution in [0.4, 0.5) is 5.82 Å². The summed E-state index contributed by atoms with van der Waals surface area (Å²) in [6.07, 6.45) is 8.85. The average Bonchev–Trinajstić information content (AvgIpc) is 3.44. The molecule has 2 N–H and O–H groups in total. The van der Waals surface area contributed by atoms with Crippen molar-refractivity contribution in [3.8, 4) is 16.9 Å². The molecule has 5 aromatic heterocycles. The van der Waals surface area contributed by atoms with Gasteiger partial charge in [-0.15, -0.1) is 10.2 Å². The molecule has 29 heavy (non-hydrogen) atoms. The Balaban J connectivity index is 1.53. The van der Waals surface area contributed by atoms with Gasteiger partial charge in [0.15, 0.2) is 0 Å². The summed E-state index contributed by atoms with van der Waals surface area (Å²) < 4.78 is 1.79. The molecule has 0 aliphatic carbocycles. The first-order valence-corrected chi connectivity index (χ1v) is 9.22. The summed E-state index contributed by atoms with van der Waals surface area (Å²) in [7, 11) is 0. The first-order valence-electron chi connectivity index (χ1n) is 9.22. The van der Waals surface area contributed by atoms with Gasteiger partial charge in [-0.3, -0.25) is 9.55 Å². The van der Waals surface area contributed by atoms with Gasteiger partial charge < -0.3 is 10.3 Å². The van der Waals surface area contributed by atoms with Crippen molar-refractivity contribution in [2.45, 2.75) is 13.5 Å². The number of fused-ring (bicyclic) bond motifs is 1. The number of rotatable bonds is 5. The van der Waals surface area contributed by atoms with Crippen molar-refractivity contribution in [1.29, 1.82) is 0 Å². The van der Waals surface area contributed by atoms with Gasteiger partial charge in [0, 0.05) is 29.5 Å². The number of aromatic amines is 1. The largest absolute Gasteiger partial charge is 0.364 e. The van der Waals surface area contributed by atoms with Gasteiger partial charge in [-0.25, -0.2) is 9.97 Å². The van der Waals surface area contributed by atoms with Gasteiger partial charge in [-0.2, -0.15) is 0 Å². The Morgan fingerprint density at radius 2 is 1.93 bits per heavy atom. The monoisotopic (exact) mass is 382 g/mol. The molecule has 0 amide bonds. The number of nitrogens with one attached hydrogen (secondary N) is 2. The molecule has 0 saturated carbocycles. The fraction of sp³-hybridized carbons (Fsp3) is 0.0952. The van der Waals surface area contributed by atoms with Crippen LogP contribution in [-0.2, 0) is 6.54 Å². The van der Waals surface area contributed by atoms with Crippen LogP contribution in [0.1, 0.15) is 11.3 Å². The summed E-state index contributed by atoms with van der Waals surface area (Å²) in [5.74, 6) is 1.56. The quantitative estimate of drug-likeness (QED) is 0.483. The second-order valence-corrected chi connectivity index (χ2v) is 6.70. The number of H-pyrrole nitrogens is 1. The van der Waals surface area contributed by atoms with Gasteiger partial charge in [-0.1, -0.05) is 6.07 Å². The molecule has 0 fully saturated rings. The van der Waals surface area contributed by atoms with Crippen LogP contribution in [0.2, 0.25) is 0 Å². The minimum atomic E-state index is 0.600. The number of pyridine rings is 3. The van der Waals surface area contributed by atoms with E-state index in [1.54, 1.807) is 23.4 Å². The number of hydrogen-bond donors (Lipinski definition) is 2. The summed E-state index contributed by atoms with van der Waals surface area (Å²) in [5.41, 5.74) is 5.01. The second-order valence-electron chi connectivity index (χ2n) is 6.70. The zero-order chi connectivity index (χ0) is 19.6. The number of hydrogen-bond acceptors (Lipinski definition) is 6. The molecule has 5 rings (SSSR count). The topological polar surface area (TPSA) is 97.2 Å². The maximum absolute atomic E-state index is 4.69. The van der Waals surface area contributed by atoms with Gasteiger partial charge in [0.25, 0.3) is 0 Å². The lowest BCUT2D eigenvalue weighted by Gasteiger charge is -2.12. The highest BCUT2D eigenvalue weighted by Crippen LogP contribution is 2.32. The summed E-state index contributed by atoms with van der Waals surface area (Å²) in [5, 5.41) is 12.1. The van der Waals surface area contributed by atoms with E-state index in [1.807, 2.05) is 42.7 Å². The Morgan fingerprint density at radius 3 is 2.72 bits per heavy atom. The highest BCUT2D eigenvalue weighted by Gasteiger charge is 2.13. The lowest BCUT2D eigenvalue weighted by Crippen LogP contribution is -2.03. The normalized spacial score (nSPS) is 11.1. The molecule has 0 bridgehead atoms. The molecule has 8 nitrogen and oxygen atoms in total. The molecular weight excluding hydrogens is 364 g/mol. The third kappa shape index (κ3) is 3.31. The van der Waals surface area contributed by atoms with Crippen molar-refractivity contribution in [2.24, 2.45) is 0 Å². The first-order chi connectivity index (χ1) is 14.3. The van der Waals surface area contributed by atoms with E-state index in [0.717, 1.165) is 45.1 Å². The number of aromatic nitrogens is 7. The maximum atomic E-state index is 4.69. The Hall–Kier alpha value is -4.07.